The van der Waals surface area contributed by atoms with Gasteiger partial charge in [-0.05, 0) is 23.8 Å². The number of rotatable bonds is 5. The number of nitrogens with two attached hydrogens (primary N) is 1. The first kappa shape index (κ1) is 14.8. The van der Waals surface area contributed by atoms with Crippen LogP contribution in [0.2, 0.25) is 0 Å². The van der Waals surface area contributed by atoms with Crippen LogP contribution in [0.3, 0.4) is 0 Å². The Morgan fingerprint density at radius 2 is 2.14 bits per heavy atom. The van der Waals surface area contributed by atoms with Crippen molar-refractivity contribution < 1.29 is 9.53 Å². The number of carbonyl (C=O) groups is 1. The first-order valence-corrected chi connectivity index (χ1v) is 6.42. The molecule has 6 heteroatoms. The van der Waals surface area contributed by atoms with Gasteiger partial charge < -0.3 is 20.4 Å². The van der Waals surface area contributed by atoms with Crippen molar-refractivity contribution in [1.29, 1.82) is 0 Å². The van der Waals surface area contributed by atoms with Crippen LogP contribution in [0.15, 0.2) is 47.4 Å². The average molecular weight is 287 g/mol. The number of methoxy groups -OCH3 is 1. The standard InChI is InChI=1S/C15H17N3O3/c1-21-10-11-3-2-4-13(7-11)17-14(19)9-18-8-12(16)5-6-15(18)20/h2-8H,9-10,16H2,1H3,(H,17,19). The molecule has 1 aromatic carbocycles. The lowest BCUT2D eigenvalue weighted by atomic mass is 10.2. The minimum absolute atomic E-state index is 0.0849. The highest BCUT2D eigenvalue weighted by Crippen LogP contribution is 2.11. The second-order valence-electron chi connectivity index (χ2n) is 4.61. The third-order valence-corrected chi connectivity index (χ3v) is 2.84. The van der Waals surface area contributed by atoms with Gasteiger partial charge in [-0.1, -0.05) is 12.1 Å². The van der Waals surface area contributed by atoms with Crippen LogP contribution in [-0.2, 0) is 22.7 Å². The minimum atomic E-state index is -0.294. The van der Waals surface area contributed by atoms with Crippen LogP contribution in [0, 0.1) is 0 Å². The Morgan fingerprint density at radius 1 is 1.33 bits per heavy atom. The summed E-state index contributed by atoms with van der Waals surface area (Å²) in [4.78, 5) is 23.6. The molecule has 2 rings (SSSR count). The SMILES string of the molecule is COCc1cccc(NC(=O)Cn2cc(N)ccc2=O)c1. The fourth-order valence-electron chi connectivity index (χ4n) is 1.93. The molecule has 2 aromatic rings. The number of pyridine rings is 1. The number of anilines is 2. The third-order valence-electron chi connectivity index (χ3n) is 2.84. The second-order valence-corrected chi connectivity index (χ2v) is 4.61. The maximum Gasteiger partial charge on any atom is 0.251 e. The zero-order chi connectivity index (χ0) is 15.2. The molecule has 0 fully saturated rings. The minimum Gasteiger partial charge on any atom is -0.398 e. The Kier molecular flexibility index (Phi) is 4.73. The van der Waals surface area contributed by atoms with E-state index in [-0.39, 0.29) is 18.0 Å². The van der Waals surface area contributed by atoms with Gasteiger partial charge in [-0.15, -0.1) is 0 Å². The molecule has 0 saturated carbocycles. The molecule has 0 atom stereocenters. The molecule has 0 saturated heterocycles. The van der Waals surface area contributed by atoms with Gasteiger partial charge in [0, 0.05) is 30.7 Å². The first-order valence-electron chi connectivity index (χ1n) is 6.42. The largest absolute Gasteiger partial charge is 0.398 e. The molecule has 0 aliphatic carbocycles. The normalized spacial score (nSPS) is 10.3. The van der Waals surface area contributed by atoms with Crippen LogP contribution in [0.25, 0.3) is 0 Å². The zero-order valence-corrected chi connectivity index (χ0v) is 11.7. The van der Waals surface area contributed by atoms with Crippen LogP contribution in [0.4, 0.5) is 11.4 Å². The van der Waals surface area contributed by atoms with Gasteiger partial charge in [0.25, 0.3) is 5.56 Å². The summed E-state index contributed by atoms with van der Waals surface area (Å²) in [5.74, 6) is -0.294. The first-order chi connectivity index (χ1) is 10.1. The van der Waals surface area contributed by atoms with E-state index < -0.39 is 0 Å². The molecule has 1 heterocycles. The van der Waals surface area contributed by atoms with Crippen LogP contribution < -0.4 is 16.6 Å². The lowest BCUT2D eigenvalue weighted by molar-refractivity contribution is -0.116. The Bertz CT molecular complexity index is 695. The monoisotopic (exact) mass is 287 g/mol. The van der Waals surface area contributed by atoms with Gasteiger partial charge in [0.05, 0.1) is 6.61 Å². The molecule has 110 valence electrons. The van der Waals surface area contributed by atoms with E-state index in [0.29, 0.717) is 18.0 Å². The van der Waals surface area contributed by atoms with Gasteiger partial charge in [-0.25, -0.2) is 0 Å². The van der Waals surface area contributed by atoms with E-state index in [0.717, 1.165) is 5.56 Å². The van der Waals surface area contributed by atoms with E-state index in [1.165, 1.54) is 22.9 Å². The number of amides is 1. The number of benzene rings is 1. The summed E-state index contributed by atoms with van der Waals surface area (Å²) in [6.07, 6.45) is 1.45. The molecule has 0 unspecified atom stereocenters. The number of carbonyl (C=O) groups excluding carboxylic acids is 1. The summed E-state index contributed by atoms with van der Waals surface area (Å²) < 4.78 is 6.31. The summed E-state index contributed by atoms with van der Waals surface area (Å²) in [5, 5.41) is 2.74. The summed E-state index contributed by atoms with van der Waals surface area (Å²) >= 11 is 0. The summed E-state index contributed by atoms with van der Waals surface area (Å²) in [6, 6.07) is 10.2. The zero-order valence-electron chi connectivity index (χ0n) is 11.7. The van der Waals surface area contributed by atoms with E-state index in [4.69, 9.17) is 10.5 Å². The Morgan fingerprint density at radius 3 is 2.90 bits per heavy atom. The highest BCUT2D eigenvalue weighted by atomic mass is 16.5. The molecule has 0 aliphatic rings. The molecule has 0 aliphatic heterocycles. The molecule has 1 aromatic heterocycles. The molecule has 0 bridgehead atoms. The summed E-state index contributed by atoms with van der Waals surface area (Å²) in [7, 11) is 1.61. The topological polar surface area (TPSA) is 86.3 Å². The molecule has 6 nitrogen and oxygen atoms in total. The van der Waals surface area contributed by atoms with Crippen molar-refractivity contribution in [1.82, 2.24) is 4.57 Å². The number of hydrogen-bond donors (Lipinski definition) is 2. The third kappa shape index (κ3) is 4.19. The molecule has 1 amide bonds. The van der Waals surface area contributed by atoms with Crippen molar-refractivity contribution in [2.24, 2.45) is 0 Å². The average Bonchev–Trinajstić information content (AvgIpc) is 2.43. The Balaban J connectivity index is 2.06. The maximum atomic E-state index is 12.0. The highest BCUT2D eigenvalue weighted by molar-refractivity contribution is 5.90. The number of nitrogens with one attached hydrogen (secondary N) is 1. The number of nitrogens with zero attached hydrogens (tertiary/aromatic N) is 1. The van der Waals surface area contributed by atoms with Gasteiger partial charge in [-0.2, -0.15) is 0 Å². The van der Waals surface area contributed by atoms with Gasteiger partial charge in [0.1, 0.15) is 6.54 Å². The Hall–Kier alpha value is -2.60. The van der Waals surface area contributed by atoms with Crippen molar-refractivity contribution >= 4 is 17.3 Å². The quantitative estimate of drug-likeness (QED) is 0.865. The lowest BCUT2D eigenvalue weighted by Gasteiger charge is -2.09. The van der Waals surface area contributed by atoms with Crippen molar-refractivity contribution in [3.8, 4) is 0 Å². The summed E-state index contributed by atoms with van der Waals surface area (Å²) in [5.41, 5.74) is 7.38. The van der Waals surface area contributed by atoms with Crippen molar-refractivity contribution in [3.05, 3.63) is 58.5 Å². The van der Waals surface area contributed by atoms with E-state index in [9.17, 15) is 9.59 Å². The van der Waals surface area contributed by atoms with E-state index in [1.807, 2.05) is 18.2 Å². The maximum absolute atomic E-state index is 12.0. The van der Waals surface area contributed by atoms with Gasteiger partial charge in [0.2, 0.25) is 5.91 Å². The molecular weight excluding hydrogens is 270 g/mol. The second kappa shape index (κ2) is 6.71. The predicted molar refractivity (Wildman–Crippen MR) is 80.9 cm³/mol. The highest BCUT2D eigenvalue weighted by Gasteiger charge is 2.06. The van der Waals surface area contributed by atoms with Crippen LogP contribution in [0.1, 0.15) is 5.56 Å². The van der Waals surface area contributed by atoms with E-state index in [1.54, 1.807) is 13.2 Å². The number of hydrogen-bond acceptors (Lipinski definition) is 4. The Labute approximate surface area is 122 Å². The number of aromatic nitrogens is 1. The van der Waals surface area contributed by atoms with E-state index in [2.05, 4.69) is 5.32 Å². The lowest BCUT2D eigenvalue weighted by Crippen LogP contribution is -2.27. The van der Waals surface area contributed by atoms with Crippen LogP contribution >= 0.6 is 0 Å². The number of nitrogen functional groups attached to an aromatic ring is 1. The molecule has 3 N–H and O–H groups in total. The van der Waals surface area contributed by atoms with Crippen molar-refractivity contribution in [3.63, 3.8) is 0 Å². The van der Waals surface area contributed by atoms with Crippen molar-refractivity contribution in [2.75, 3.05) is 18.2 Å². The van der Waals surface area contributed by atoms with Gasteiger partial charge >= 0.3 is 0 Å². The molecular formula is C15H17N3O3. The van der Waals surface area contributed by atoms with Crippen LogP contribution in [0.5, 0.6) is 0 Å². The molecule has 0 radical (unpaired) electrons. The smallest absolute Gasteiger partial charge is 0.251 e. The van der Waals surface area contributed by atoms with Crippen molar-refractivity contribution in [2.45, 2.75) is 13.2 Å². The van der Waals surface area contributed by atoms with Gasteiger partial charge in [-0.3, -0.25) is 9.59 Å². The summed E-state index contributed by atoms with van der Waals surface area (Å²) in [6.45, 7) is 0.386. The predicted octanol–water partition coefficient (Wildman–Crippen LogP) is 1.22. The fraction of sp³-hybridized carbons (Fsp3) is 0.200. The fourth-order valence-corrected chi connectivity index (χ4v) is 1.93. The van der Waals surface area contributed by atoms with Gasteiger partial charge in [0.15, 0.2) is 0 Å². The van der Waals surface area contributed by atoms with E-state index >= 15 is 0 Å². The van der Waals surface area contributed by atoms with Crippen LogP contribution in [-0.4, -0.2) is 17.6 Å². The molecule has 21 heavy (non-hydrogen) atoms. The molecule has 0 spiro atoms. The number of ether oxygens (including phenoxy) is 1.